The van der Waals surface area contributed by atoms with Crippen LogP contribution in [0.4, 0.5) is 22.7 Å². The predicted molar refractivity (Wildman–Crippen MR) is 225 cm³/mol. The largest absolute Gasteiger partial charge is 2.00 e. The Kier molecular flexibility index (Phi) is 31.0. The van der Waals surface area contributed by atoms with E-state index in [-0.39, 0.29) is 185 Å². The summed E-state index contributed by atoms with van der Waals surface area (Å²) >= 11 is 0. The van der Waals surface area contributed by atoms with Crippen molar-refractivity contribution in [3.8, 4) is 34.1 Å². The zero-order valence-electron chi connectivity index (χ0n) is 39.1. The van der Waals surface area contributed by atoms with E-state index in [0.717, 1.165) is 113 Å². The van der Waals surface area contributed by atoms with Gasteiger partial charge in [-0.05, 0) is 70.4 Å². The maximum atomic E-state index is 13.0. The minimum Gasteiger partial charge on any atom is -0.871 e. The van der Waals surface area contributed by atoms with Gasteiger partial charge in [0.25, 0.3) is 0 Å². The monoisotopic (exact) mass is 1230 g/mol. The number of ether oxygens (including phenoxy) is 2. The summed E-state index contributed by atoms with van der Waals surface area (Å²) in [6, 6.07) is 12.9. The van der Waals surface area contributed by atoms with E-state index in [1.807, 2.05) is 0 Å². The van der Waals surface area contributed by atoms with Gasteiger partial charge in [0.1, 0.15) is 40.5 Å². The summed E-state index contributed by atoms with van der Waals surface area (Å²) < 4.78 is 149. The number of morpholine rings is 2. The number of azo groups is 2. The van der Waals surface area contributed by atoms with Crippen LogP contribution in [0.15, 0.2) is 125 Å². The normalized spacial score (nSPS) is 13.7. The third kappa shape index (κ3) is 19.5. The summed E-state index contributed by atoms with van der Waals surface area (Å²) in [6.07, 6.45) is 0. The Bertz CT molecular complexity index is 3210. The van der Waals surface area contributed by atoms with Crippen LogP contribution >= 0.6 is 0 Å². The number of hydrogen-bond donors (Lipinski definition) is 2. The Morgan fingerprint density at radius 1 is 0.419 bits per heavy atom. The van der Waals surface area contributed by atoms with Crippen LogP contribution in [-0.2, 0) is 84.1 Å². The average Bonchev–Trinajstić information content (AvgIpc) is 3.28. The summed E-state index contributed by atoms with van der Waals surface area (Å²) in [5.74, 6) is -4.54. The van der Waals surface area contributed by atoms with Crippen molar-refractivity contribution in [1.29, 1.82) is 0 Å². The molecule has 24 nitrogen and oxygen atoms in total. The molecule has 0 spiro atoms. The molecule has 2 heterocycles. The minimum absolute atomic E-state index is 0. The fraction of sp³-hybridized carbons (Fsp3) is 0.200. The van der Waals surface area contributed by atoms with Gasteiger partial charge in [-0.15, -0.1) is 0 Å². The van der Waals surface area contributed by atoms with E-state index < -0.39 is 106 Å². The average molecular weight is 1230 g/mol. The molecule has 6 aromatic rings. The maximum Gasteiger partial charge on any atom is 2.00 e. The van der Waals surface area contributed by atoms with E-state index in [1.165, 1.54) is 12.1 Å². The second kappa shape index (κ2) is 31.5. The Balaban J connectivity index is 0.00000260. The smallest absolute Gasteiger partial charge is 0.871 e. The van der Waals surface area contributed by atoms with Crippen LogP contribution in [0, 0.1) is 0 Å². The van der Waals surface area contributed by atoms with Gasteiger partial charge in [-0.1, -0.05) is 59.4 Å². The molecule has 0 saturated carbocycles. The molecule has 8 rings (SSSR count). The quantitative estimate of drug-likeness (QED) is 0.0771. The second-order valence-electron chi connectivity index (χ2n) is 14.2. The van der Waals surface area contributed by atoms with Gasteiger partial charge in [0, 0.05) is 46.7 Å². The van der Waals surface area contributed by atoms with Gasteiger partial charge in [-0.2, -0.15) is 20.5 Å². The van der Waals surface area contributed by atoms with E-state index in [4.69, 9.17) is 9.47 Å². The van der Waals surface area contributed by atoms with Crippen LogP contribution in [0.2, 0.25) is 0 Å². The van der Waals surface area contributed by atoms with Gasteiger partial charge < -0.3 is 58.7 Å². The van der Waals surface area contributed by atoms with Crippen LogP contribution in [0.25, 0.3) is 32.7 Å². The topological polar surface area (TPSA) is 413 Å². The molecular formula is C40H32Cu2N6Na4O18S4. The van der Waals surface area contributed by atoms with Gasteiger partial charge in [0.05, 0.1) is 59.0 Å². The summed E-state index contributed by atoms with van der Waals surface area (Å²) in [4.78, 5) is -4.26. The molecule has 2 saturated heterocycles. The van der Waals surface area contributed by atoms with Gasteiger partial charge in [0.2, 0.25) is 0 Å². The van der Waals surface area contributed by atoms with Crippen molar-refractivity contribution in [1.82, 2.24) is 10.6 Å². The number of rotatable bonds is 9. The van der Waals surface area contributed by atoms with Crippen molar-refractivity contribution in [2.24, 2.45) is 20.5 Å². The van der Waals surface area contributed by atoms with Crippen molar-refractivity contribution < 1.29 is 234 Å². The van der Waals surface area contributed by atoms with E-state index in [1.54, 1.807) is 0 Å². The Hall–Kier alpha value is -1.24. The molecular weight excluding hydrogens is 1200 g/mol. The number of hydrogen-bond acceptors (Lipinski definition) is 24. The van der Waals surface area contributed by atoms with Crippen molar-refractivity contribution in [3.05, 3.63) is 84.9 Å². The van der Waals surface area contributed by atoms with E-state index in [2.05, 4.69) is 31.1 Å². The first-order valence-electron chi connectivity index (χ1n) is 19.4. The minimum atomic E-state index is -5.44. The summed E-state index contributed by atoms with van der Waals surface area (Å²) in [6.45, 7) is 7.67. The molecule has 0 unspecified atom stereocenters. The molecule has 0 aromatic heterocycles. The predicted octanol–water partition coefficient (Wildman–Crippen LogP) is -10.4. The van der Waals surface area contributed by atoms with Gasteiger partial charge in [0.15, 0.2) is 0 Å². The fourth-order valence-electron chi connectivity index (χ4n) is 6.32. The standard InChI is InChI=1S/C32H22N4O16S4.2C4H9NO.2Cu.4Na/c37-25-11-15(1-7-23(25)33-35-29-21-5-3-19(53(41,42)43)9-17(21)13-27(31(29)39)55(47,48)49)16-2-8-24(26(38)12-16)34-36-30-22-6-4-20(54(44,45)46)10-18(22)14-28(32(30)40)56(50,51)52;2*1-3-6-4-2-5-1;;;;;;/h1-14,37-40H,(H,41,42,43)(H,44,45,46)(H,47,48,49)(H,50,51,52);2*5H,1-4H2;;;;;;/q;;;2*+2;4*+1/p-8. The van der Waals surface area contributed by atoms with Crippen LogP contribution in [-0.4, -0.2) is 104 Å². The first-order valence-corrected chi connectivity index (χ1v) is 25.0. The summed E-state index contributed by atoms with van der Waals surface area (Å²) in [5.41, 5.74) is -2.14. The Labute approximate surface area is 534 Å². The zero-order valence-corrected chi connectivity index (χ0v) is 52.3. The molecule has 0 aliphatic carbocycles. The summed E-state index contributed by atoms with van der Waals surface area (Å²) in [7, 11) is -20.9. The summed E-state index contributed by atoms with van der Waals surface area (Å²) in [5, 5.41) is 71.6. The second-order valence-corrected chi connectivity index (χ2v) is 19.6. The molecule has 2 aliphatic rings. The molecule has 2 aliphatic heterocycles. The maximum absolute atomic E-state index is 13.0. The zero-order chi connectivity index (χ0) is 49.6. The Morgan fingerprint density at radius 2 is 0.743 bits per heavy atom. The first kappa shape index (κ1) is 72.8. The molecule has 6 aromatic carbocycles. The van der Waals surface area contributed by atoms with Gasteiger partial charge >= 0.3 is 152 Å². The Morgan fingerprint density at radius 3 is 0.986 bits per heavy atom. The SMILES string of the molecule is C1COCCN1.C1COCCN1.O=S(=O)([O-])c1ccc2c(N=Nc3ccc(-c4ccc(N=Nc5c([O-])c(S(=O)(=O)[O-])cc6cc(S(=O)(=O)[O-])ccc56)c([O-])c4)cc3[O-])c([O-])c(S(=O)(=O)[O-])cc2c1.[Cu+2].[Cu+2].[Na+].[Na+].[Na+].[Na+]. The van der Waals surface area contributed by atoms with Gasteiger partial charge in [-0.3, -0.25) is 0 Å². The van der Waals surface area contributed by atoms with Crippen molar-refractivity contribution in [2.75, 3.05) is 52.6 Å². The third-order valence-electron chi connectivity index (χ3n) is 9.58. The number of nitrogens with zero attached hydrogens (tertiary/aromatic N) is 4. The number of benzene rings is 6. The van der Waals surface area contributed by atoms with Crippen molar-refractivity contribution in [3.63, 3.8) is 0 Å². The molecule has 2 radical (unpaired) electrons. The van der Waals surface area contributed by atoms with Crippen LogP contribution in [0.3, 0.4) is 0 Å². The molecule has 2 fully saturated rings. The van der Waals surface area contributed by atoms with Gasteiger partial charge in [-0.25, -0.2) is 33.7 Å². The molecule has 0 bridgehead atoms. The molecule has 2 N–H and O–H groups in total. The van der Waals surface area contributed by atoms with E-state index in [9.17, 15) is 72.3 Å². The van der Waals surface area contributed by atoms with Crippen LogP contribution in [0.1, 0.15) is 0 Å². The van der Waals surface area contributed by atoms with E-state index in [0.29, 0.717) is 12.1 Å². The molecule has 380 valence electrons. The van der Waals surface area contributed by atoms with E-state index >= 15 is 0 Å². The molecule has 0 atom stereocenters. The molecule has 0 amide bonds. The molecule has 34 heteroatoms. The number of fused-ring (bicyclic) bond motifs is 2. The fourth-order valence-corrected chi connectivity index (χ4v) is 8.52. The number of nitrogens with one attached hydrogen (secondary N) is 2. The van der Waals surface area contributed by atoms with Crippen LogP contribution < -0.4 is 149 Å². The molecule has 74 heavy (non-hydrogen) atoms. The van der Waals surface area contributed by atoms with Crippen molar-refractivity contribution in [2.45, 2.75) is 19.6 Å². The van der Waals surface area contributed by atoms with Crippen LogP contribution in [0.5, 0.6) is 23.0 Å². The first-order chi connectivity index (χ1) is 31.9. The van der Waals surface area contributed by atoms with Crippen molar-refractivity contribution >= 4 is 84.8 Å². The third-order valence-corrected chi connectivity index (χ3v) is 12.9.